The Kier molecular flexibility index (Phi) is 7.77. The fourth-order valence-corrected chi connectivity index (χ4v) is 4.09. The highest BCUT2D eigenvalue weighted by Crippen LogP contribution is 2.37. The van der Waals surface area contributed by atoms with Crippen molar-refractivity contribution in [2.45, 2.75) is 58.7 Å². The van der Waals surface area contributed by atoms with E-state index in [9.17, 15) is 0 Å². The van der Waals surface area contributed by atoms with Crippen LogP contribution in [0.3, 0.4) is 0 Å². The normalized spacial score (nSPS) is 14.8. The lowest BCUT2D eigenvalue weighted by atomic mass is 9.83. The summed E-state index contributed by atoms with van der Waals surface area (Å²) >= 11 is 7.46. The monoisotopic (exact) mass is 418 g/mol. The number of hydrogen-bond donors (Lipinski definition) is 0. The van der Waals surface area contributed by atoms with Crippen LogP contribution in [-0.2, 0) is 0 Å². The van der Waals surface area contributed by atoms with Gasteiger partial charge in [0, 0.05) is 4.83 Å². The molecule has 120 valence electrons. The van der Waals surface area contributed by atoms with Crippen LogP contribution in [0.5, 0.6) is 5.75 Å². The molecule has 0 saturated heterocycles. The smallest absolute Gasteiger partial charge is 0.133 e. The highest BCUT2D eigenvalue weighted by Gasteiger charge is 2.19. The third-order valence-electron chi connectivity index (χ3n) is 3.35. The molecule has 0 aliphatic rings. The van der Waals surface area contributed by atoms with Crippen LogP contribution in [0.4, 0.5) is 0 Å². The van der Waals surface area contributed by atoms with Crippen LogP contribution < -0.4 is 4.74 Å². The van der Waals surface area contributed by atoms with E-state index in [1.54, 1.807) is 0 Å². The third kappa shape index (κ3) is 7.19. The molecule has 0 bridgehead atoms. The number of halogens is 2. The molecule has 3 heteroatoms. The van der Waals surface area contributed by atoms with Gasteiger partial charge in [-0.25, -0.2) is 0 Å². The molecule has 0 fully saturated rings. The minimum Gasteiger partial charge on any atom is -0.492 e. The lowest BCUT2D eigenvalue weighted by Crippen LogP contribution is -2.12. The summed E-state index contributed by atoms with van der Waals surface area (Å²) in [6.45, 7) is 12.1. The van der Waals surface area contributed by atoms with E-state index in [1.807, 2.05) is 0 Å². The quantitative estimate of drug-likeness (QED) is 0.426. The van der Waals surface area contributed by atoms with Crippen LogP contribution in [0.2, 0.25) is 0 Å². The molecule has 0 saturated carbocycles. The molecule has 0 aliphatic heterocycles. The first kappa shape index (κ1) is 19.0. The van der Waals surface area contributed by atoms with Crippen LogP contribution in [0.1, 0.15) is 64.3 Å². The van der Waals surface area contributed by atoms with Gasteiger partial charge in [0.2, 0.25) is 0 Å². The SMILES string of the molecule is CCCOc1ccc(C(Br)CC(C)CC(C)(C)C)cc1Br. The molecule has 0 radical (unpaired) electrons. The lowest BCUT2D eigenvalue weighted by molar-refractivity contribution is 0.296. The summed E-state index contributed by atoms with van der Waals surface area (Å²) in [6.07, 6.45) is 3.42. The van der Waals surface area contributed by atoms with Gasteiger partial charge in [0.25, 0.3) is 0 Å². The van der Waals surface area contributed by atoms with Gasteiger partial charge < -0.3 is 4.74 Å². The molecule has 1 aromatic rings. The Morgan fingerprint density at radius 1 is 1.24 bits per heavy atom. The molecule has 0 N–H and O–H groups in total. The van der Waals surface area contributed by atoms with Crippen molar-refractivity contribution in [2.75, 3.05) is 6.61 Å². The van der Waals surface area contributed by atoms with Crippen molar-refractivity contribution in [3.8, 4) is 5.75 Å². The number of alkyl halides is 1. The minimum absolute atomic E-state index is 0.393. The zero-order chi connectivity index (χ0) is 16.0. The molecule has 0 heterocycles. The van der Waals surface area contributed by atoms with Crippen molar-refractivity contribution in [3.63, 3.8) is 0 Å². The predicted molar refractivity (Wildman–Crippen MR) is 99.4 cm³/mol. The molecular formula is C18H28Br2O. The topological polar surface area (TPSA) is 9.23 Å². The van der Waals surface area contributed by atoms with Crippen LogP contribution in [0.25, 0.3) is 0 Å². The van der Waals surface area contributed by atoms with E-state index in [0.717, 1.165) is 29.7 Å². The first-order valence-electron chi connectivity index (χ1n) is 7.79. The highest BCUT2D eigenvalue weighted by molar-refractivity contribution is 9.10. The average molecular weight is 420 g/mol. The molecule has 0 aliphatic carbocycles. The molecule has 0 spiro atoms. The summed E-state index contributed by atoms with van der Waals surface area (Å²) in [5, 5.41) is 0. The van der Waals surface area contributed by atoms with E-state index in [4.69, 9.17) is 4.74 Å². The van der Waals surface area contributed by atoms with Crippen LogP contribution >= 0.6 is 31.9 Å². The van der Waals surface area contributed by atoms with Crippen molar-refractivity contribution >= 4 is 31.9 Å². The van der Waals surface area contributed by atoms with Crippen molar-refractivity contribution in [1.82, 2.24) is 0 Å². The molecule has 1 nitrogen and oxygen atoms in total. The second kappa shape index (κ2) is 8.57. The van der Waals surface area contributed by atoms with Gasteiger partial charge in [-0.1, -0.05) is 56.6 Å². The fraction of sp³-hybridized carbons (Fsp3) is 0.667. The van der Waals surface area contributed by atoms with E-state index in [-0.39, 0.29) is 0 Å². The number of benzene rings is 1. The van der Waals surface area contributed by atoms with Gasteiger partial charge in [-0.05, 0) is 64.2 Å². The minimum atomic E-state index is 0.393. The molecule has 1 aromatic carbocycles. The summed E-state index contributed by atoms with van der Waals surface area (Å²) in [5.74, 6) is 1.63. The molecular weight excluding hydrogens is 392 g/mol. The second-order valence-corrected chi connectivity index (χ2v) is 9.07. The van der Waals surface area contributed by atoms with E-state index in [1.165, 1.54) is 12.0 Å². The summed E-state index contributed by atoms with van der Waals surface area (Å²) in [5.41, 5.74) is 1.70. The first-order valence-corrected chi connectivity index (χ1v) is 9.50. The Hall–Kier alpha value is -0.0200. The predicted octanol–water partition coefficient (Wildman–Crippen LogP) is 7.14. The van der Waals surface area contributed by atoms with Crippen LogP contribution in [-0.4, -0.2) is 6.61 Å². The first-order chi connectivity index (χ1) is 9.73. The molecule has 2 unspecified atom stereocenters. The maximum absolute atomic E-state index is 5.71. The van der Waals surface area contributed by atoms with Crippen molar-refractivity contribution < 1.29 is 4.74 Å². The van der Waals surface area contributed by atoms with E-state index < -0.39 is 0 Å². The third-order valence-corrected chi connectivity index (χ3v) is 4.87. The summed E-state index contributed by atoms with van der Waals surface area (Å²) in [4.78, 5) is 0.395. The molecule has 0 amide bonds. The Bertz CT molecular complexity index is 437. The van der Waals surface area contributed by atoms with Gasteiger partial charge >= 0.3 is 0 Å². The van der Waals surface area contributed by atoms with Crippen molar-refractivity contribution in [3.05, 3.63) is 28.2 Å². The lowest BCUT2D eigenvalue weighted by Gasteiger charge is -2.25. The molecule has 0 aromatic heterocycles. The summed E-state index contributed by atoms with van der Waals surface area (Å²) in [7, 11) is 0. The molecule has 1 rings (SSSR count). The van der Waals surface area contributed by atoms with Gasteiger partial charge in [0.05, 0.1) is 11.1 Å². The maximum Gasteiger partial charge on any atom is 0.133 e. The van der Waals surface area contributed by atoms with Crippen LogP contribution in [0.15, 0.2) is 22.7 Å². The van der Waals surface area contributed by atoms with Gasteiger partial charge in [-0.3, -0.25) is 0 Å². The van der Waals surface area contributed by atoms with E-state index >= 15 is 0 Å². The van der Waals surface area contributed by atoms with E-state index in [2.05, 4.69) is 84.7 Å². The zero-order valence-electron chi connectivity index (χ0n) is 13.9. The van der Waals surface area contributed by atoms with Gasteiger partial charge in [0.1, 0.15) is 5.75 Å². The Labute approximate surface area is 147 Å². The maximum atomic E-state index is 5.71. The highest BCUT2D eigenvalue weighted by atomic mass is 79.9. The second-order valence-electron chi connectivity index (χ2n) is 7.11. The standard InChI is InChI=1S/C18H28Br2O/c1-6-9-21-17-8-7-14(11-16(17)20)15(19)10-13(2)12-18(3,4)5/h7-8,11,13,15H,6,9-10,12H2,1-5H3. The van der Waals surface area contributed by atoms with Gasteiger partial charge in [-0.15, -0.1) is 0 Å². The summed E-state index contributed by atoms with van der Waals surface area (Å²) in [6, 6.07) is 6.41. The molecule has 2 atom stereocenters. The van der Waals surface area contributed by atoms with Gasteiger partial charge in [-0.2, -0.15) is 0 Å². The largest absolute Gasteiger partial charge is 0.492 e. The van der Waals surface area contributed by atoms with Gasteiger partial charge in [0.15, 0.2) is 0 Å². The van der Waals surface area contributed by atoms with Crippen molar-refractivity contribution in [2.24, 2.45) is 11.3 Å². The summed E-state index contributed by atoms with van der Waals surface area (Å²) < 4.78 is 6.75. The number of hydrogen-bond acceptors (Lipinski definition) is 1. The van der Waals surface area contributed by atoms with Crippen LogP contribution in [0, 0.1) is 11.3 Å². The number of ether oxygens (including phenoxy) is 1. The van der Waals surface area contributed by atoms with E-state index in [0.29, 0.717) is 16.2 Å². The number of rotatable bonds is 7. The molecule has 21 heavy (non-hydrogen) atoms. The fourth-order valence-electron chi connectivity index (χ4n) is 2.66. The Morgan fingerprint density at radius 2 is 1.90 bits per heavy atom. The zero-order valence-corrected chi connectivity index (χ0v) is 17.1. The Balaban J connectivity index is 2.66. The van der Waals surface area contributed by atoms with Crippen molar-refractivity contribution in [1.29, 1.82) is 0 Å². The Morgan fingerprint density at radius 3 is 2.43 bits per heavy atom. The average Bonchev–Trinajstić information content (AvgIpc) is 2.34.